The van der Waals surface area contributed by atoms with Crippen LogP contribution in [0.1, 0.15) is 16.9 Å². The van der Waals surface area contributed by atoms with Crippen LogP contribution in [-0.2, 0) is 4.79 Å². The van der Waals surface area contributed by atoms with E-state index in [1.165, 1.54) is 0 Å². The van der Waals surface area contributed by atoms with Crippen molar-refractivity contribution in [1.82, 2.24) is 9.88 Å². The van der Waals surface area contributed by atoms with Crippen molar-refractivity contribution in [3.63, 3.8) is 0 Å². The number of likely N-dealkylation sites (tertiary alicyclic amines) is 1. The molecule has 5 nitrogen and oxygen atoms in total. The van der Waals surface area contributed by atoms with E-state index in [2.05, 4.69) is 4.98 Å². The minimum absolute atomic E-state index is 0.190. The molecule has 1 aromatic heterocycles. The Balaban J connectivity index is 2.05. The zero-order chi connectivity index (χ0) is 11.5. The normalized spacial score (nSPS) is 19.8. The largest absolute Gasteiger partial charge is 0.481 e. The second-order valence-corrected chi connectivity index (χ2v) is 3.79. The molecule has 0 unspecified atom stereocenters. The summed E-state index contributed by atoms with van der Waals surface area (Å²) >= 11 is 0. The monoisotopic (exact) mass is 220 g/mol. The van der Waals surface area contributed by atoms with Gasteiger partial charge in [-0.2, -0.15) is 0 Å². The van der Waals surface area contributed by atoms with Crippen molar-refractivity contribution in [3.8, 4) is 0 Å². The van der Waals surface area contributed by atoms with Gasteiger partial charge in [0.1, 0.15) is 5.69 Å². The number of carboxylic acid groups (broad SMARTS) is 1. The van der Waals surface area contributed by atoms with Gasteiger partial charge in [-0.15, -0.1) is 0 Å². The molecule has 0 aromatic carbocycles. The van der Waals surface area contributed by atoms with E-state index < -0.39 is 11.9 Å². The molecule has 1 fully saturated rings. The number of amides is 1. The van der Waals surface area contributed by atoms with Gasteiger partial charge >= 0.3 is 5.97 Å². The zero-order valence-corrected chi connectivity index (χ0v) is 8.67. The molecule has 1 aliphatic rings. The van der Waals surface area contributed by atoms with Crippen LogP contribution in [0.15, 0.2) is 24.4 Å². The highest BCUT2D eigenvalue weighted by Crippen LogP contribution is 2.18. The molecule has 0 bridgehead atoms. The fourth-order valence-electron chi connectivity index (χ4n) is 1.80. The number of rotatable bonds is 2. The minimum Gasteiger partial charge on any atom is -0.481 e. The lowest BCUT2D eigenvalue weighted by atomic mass is 10.1. The smallest absolute Gasteiger partial charge is 0.308 e. The zero-order valence-electron chi connectivity index (χ0n) is 8.67. The Labute approximate surface area is 92.7 Å². The molecule has 0 radical (unpaired) electrons. The lowest BCUT2D eigenvalue weighted by Gasteiger charge is -2.14. The number of carbonyl (C=O) groups excluding carboxylic acids is 1. The first-order chi connectivity index (χ1) is 7.68. The van der Waals surface area contributed by atoms with E-state index in [0.717, 1.165) is 0 Å². The van der Waals surface area contributed by atoms with E-state index in [4.69, 9.17) is 5.11 Å². The standard InChI is InChI=1S/C11H12N2O3/c14-10(9-3-1-2-5-12-9)13-6-4-8(7-13)11(15)16/h1-3,5,8H,4,6-7H2,(H,15,16)/t8-/m1/s1. The van der Waals surface area contributed by atoms with E-state index in [0.29, 0.717) is 18.7 Å². The number of nitrogens with zero attached hydrogens (tertiary/aromatic N) is 2. The fourth-order valence-corrected chi connectivity index (χ4v) is 1.80. The Morgan fingerprint density at radius 3 is 2.81 bits per heavy atom. The van der Waals surface area contributed by atoms with Crippen molar-refractivity contribution in [1.29, 1.82) is 0 Å². The van der Waals surface area contributed by atoms with Crippen LogP contribution in [0.2, 0.25) is 0 Å². The van der Waals surface area contributed by atoms with Crippen LogP contribution in [-0.4, -0.2) is 40.0 Å². The molecule has 1 aromatic rings. The molecule has 5 heteroatoms. The first-order valence-corrected chi connectivity index (χ1v) is 5.11. The van der Waals surface area contributed by atoms with E-state index in [1.54, 1.807) is 29.3 Å². The van der Waals surface area contributed by atoms with Gasteiger partial charge in [0.2, 0.25) is 0 Å². The Kier molecular flexibility index (Phi) is 2.85. The van der Waals surface area contributed by atoms with Gasteiger partial charge in [-0.1, -0.05) is 6.07 Å². The van der Waals surface area contributed by atoms with Crippen LogP contribution in [0, 0.1) is 5.92 Å². The average molecular weight is 220 g/mol. The molecule has 0 saturated carbocycles. The van der Waals surface area contributed by atoms with Crippen molar-refractivity contribution < 1.29 is 14.7 Å². The van der Waals surface area contributed by atoms with Crippen LogP contribution in [0.25, 0.3) is 0 Å². The summed E-state index contributed by atoms with van der Waals surface area (Å²) in [5, 5.41) is 8.83. The minimum atomic E-state index is -0.837. The van der Waals surface area contributed by atoms with E-state index in [-0.39, 0.29) is 12.5 Å². The third kappa shape index (κ3) is 2.03. The molecule has 16 heavy (non-hydrogen) atoms. The molecule has 2 heterocycles. The molecule has 0 aliphatic carbocycles. The number of aliphatic carboxylic acids is 1. The Morgan fingerprint density at radius 2 is 2.25 bits per heavy atom. The van der Waals surface area contributed by atoms with Gasteiger partial charge in [0.15, 0.2) is 0 Å². The fraction of sp³-hybridized carbons (Fsp3) is 0.364. The van der Waals surface area contributed by atoms with Crippen molar-refractivity contribution >= 4 is 11.9 Å². The first-order valence-electron chi connectivity index (χ1n) is 5.11. The molecular weight excluding hydrogens is 208 g/mol. The summed E-state index contributed by atoms with van der Waals surface area (Å²) in [5.41, 5.74) is 0.369. The van der Waals surface area contributed by atoms with Crippen LogP contribution in [0.3, 0.4) is 0 Å². The summed E-state index contributed by atoms with van der Waals surface area (Å²) in [6.45, 7) is 0.775. The molecule has 1 aliphatic heterocycles. The summed E-state index contributed by atoms with van der Waals surface area (Å²) in [4.78, 5) is 28.1. The quantitative estimate of drug-likeness (QED) is 0.793. The lowest BCUT2D eigenvalue weighted by Crippen LogP contribution is -2.30. The van der Waals surface area contributed by atoms with E-state index in [9.17, 15) is 9.59 Å². The SMILES string of the molecule is O=C(O)[C@@H]1CCN(C(=O)c2ccccn2)C1. The number of carboxylic acids is 1. The predicted molar refractivity (Wildman–Crippen MR) is 55.9 cm³/mol. The van der Waals surface area contributed by atoms with Crippen molar-refractivity contribution in [3.05, 3.63) is 30.1 Å². The third-order valence-corrected chi connectivity index (χ3v) is 2.71. The maximum absolute atomic E-state index is 11.9. The molecule has 1 N–H and O–H groups in total. The van der Waals surface area contributed by atoms with E-state index in [1.807, 2.05) is 0 Å². The number of pyridine rings is 1. The van der Waals surface area contributed by atoms with Crippen molar-refractivity contribution in [2.75, 3.05) is 13.1 Å². The highest BCUT2D eigenvalue weighted by molar-refractivity contribution is 5.92. The Morgan fingerprint density at radius 1 is 1.44 bits per heavy atom. The van der Waals surface area contributed by atoms with Gasteiger partial charge in [-0.05, 0) is 18.6 Å². The van der Waals surface area contributed by atoms with Gasteiger partial charge < -0.3 is 10.0 Å². The van der Waals surface area contributed by atoms with Gasteiger partial charge in [0.25, 0.3) is 5.91 Å². The summed E-state index contributed by atoms with van der Waals surface area (Å²) in [6.07, 6.45) is 2.08. The highest BCUT2D eigenvalue weighted by Gasteiger charge is 2.31. The highest BCUT2D eigenvalue weighted by atomic mass is 16.4. The van der Waals surface area contributed by atoms with Crippen LogP contribution >= 0.6 is 0 Å². The summed E-state index contributed by atoms with van der Waals surface area (Å²) in [7, 11) is 0. The number of aromatic nitrogens is 1. The van der Waals surface area contributed by atoms with Crippen molar-refractivity contribution in [2.24, 2.45) is 5.92 Å². The number of hydrogen-bond donors (Lipinski definition) is 1. The third-order valence-electron chi connectivity index (χ3n) is 2.71. The maximum Gasteiger partial charge on any atom is 0.308 e. The second-order valence-electron chi connectivity index (χ2n) is 3.79. The van der Waals surface area contributed by atoms with Crippen LogP contribution in [0.4, 0.5) is 0 Å². The van der Waals surface area contributed by atoms with Gasteiger partial charge in [0, 0.05) is 19.3 Å². The molecule has 1 amide bonds. The molecule has 2 rings (SSSR count). The van der Waals surface area contributed by atoms with Crippen molar-refractivity contribution in [2.45, 2.75) is 6.42 Å². The molecule has 84 valence electrons. The Hall–Kier alpha value is -1.91. The number of hydrogen-bond acceptors (Lipinski definition) is 3. The number of carbonyl (C=O) groups is 2. The summed E-state index contributed by atoms with van der Waals surface area (Å²) < 4.78 is 0. The molecule has 0 spiro atoms. The summed E-state index contributed by atoms with van der Waals surface area (Å²) in [6, 6.07) is 5.11. The molecule has 1 atom stereocenters. The molecular formula is C11H12N2O3. The second kappa shape index (κ2) is 4.30. The van der Waals surface area contributed by atoms with Crippen LogP contribution < -0.4 is 0 Å². The topological polar surface area (TPSA) is 70.5 Å². The van der Waals surface area contributed by atoms with Gasteiger partial charge in [-0.3, -0.25) is 14.6 Å². The average Bonchev–Trinajstić information content (AvgIpc) is 2.78. The lowest BCUT2D eigenvalue weighted by molar-refractivity contribution is -0.141. The molecule has 1 saturated heterocycles. The summed E-state index contributed by atoms with van der Waals surface area (Å²) in [5.74, 6) is -1.46. The maximum atomic E-state index is 11.9. The van der Waals surface area contributed by atoms with Gasteiger partial charge in [-0.25, -0.2) is 0 Å². The van der Waals surface area contributed by atoms with Gasteiger partial charge in [0.05, 0.1) is 5.92 Å². The predicted octanol–water partition coefficient (Wildman–Crippen LogP) is 0.628. The Bertz CT molecular complexity index is 405. The van der Waals surface area contributed by atoms with E-state index >= 15 is 0 Å². The van der Waals surface area contributed by atoms with Crippen LogP contribution in [0.5, 0.6) is 0 Å². The first kappa shape index (κ1) is 10.6.